The van der Waals surface area contributed by atoms with Gasteiger partial charge in [-0.05, 0) is 49.3 Å². The fourth-order valence-corrected chi connectivity index (χ4v) is 2.20. The van der Waals surface area contributed by atoms with Gasteiger partial charge in [0.15, 0.2) is 5.11 Å². The van der Waals surface area contributed by atoms with Gasteiger partial charge in [0.1, 0.15) is 0 Å². The lowest BCUT2D eigenvalue weighted by Gasteiger charge is -2.15. The molecule has 0 aromatic heterocycles. The number of non-ortho nitro benzene ring substituents is 1. The van der Waals surface area contributed by atoms with Gasteiger partial charge >= 0.3 is 0 Å². The summed E-state index contributed by atoms with van der Waals surface area (Å²) in [6.45, 7) is 3.96. The summed E-state index contributed by atoms with van der Waals surface area (Å²) < 4.78 is 0. The van der Waals surface area contributed by atoms with Crippen molar-refractivity contribution in [3.05, 3.63) is 62.7 Å². The summed E-state index contributed by atoms with van der Waals surface area (Å²) in [6.07, 6.45) is 0. The fraction of sp³-hybridized carbons (Fsp3) is 0.133. The molecule has 0 radical (unpaired) electrons. The summed E-state index contributed by atoms with van der Waals surface area (Å²) in [6, 6.07) is 10.1. The monoisotopic (exact) mass is 350 g/mol. The van der Waals surface area contributed by atoms with Gasteiger partial charge in [0, 0.05) is 12.1 Å². The van der Waals surface area contributed by atoms with Gasteiger partial charge in [-0.25, -0.2) is 0 Å². The molecule has 2 rings (SSSR count). The Balaban J connectivity index is 2.04. The minimum atomic E-state index is -0.494. The van der Waals surface area contributed by atoms with E-state index in [4.69, 9.17) is 23.8 Å². The quantitative estimate of drug-likeness (QED) is 0.436. The molecule has 0 aliphatic heterocycles. The second-order valence-corrected chi connectivity index (χ2v) is 5.76. The Bertz CT molecular complexity index is 767. The van der Waals surface area contributed by atoms with E-state index in [0.29, 0.717) is 10.7 Å². The van der Waals surface area contributed by atoms with Crippen molar-refractivity contribution in [3.8, 4) is 0 Å². The number of hydrazine groups is 1. The molecule has 120 valence electrons. The average Bonchev–Trinajstić information content (AvgIpc) is 2.50. The maximum absolute atomic E-state index is 10.8. The third-order valence-corrected chi connectivity index (χ3v) is 3.65. The Kier molecular flexibility index (Phi) is 5.36. The lowest BCUT2D eigenvalue weighted by Crippen LogP contribution is -2.33. The molecule has 0 saturated carbocycles. The number of rotatable bonds is 4. The number of anilines is 2. The molecule has 0 atom stereocenters. The van der Waals surface area contributed by atoms with Gasteiger partial charge < -0.3 is 5.32 Å². The van der Waals surface area contributed by atoms with E-state index >= 15 is 0 Å². The lowest BCUT2D eigenvalue weighted by atomic mass is 10.1. The molecule has 0 amide bonds. The van der Waals surface area contributed by atoms with Crippen molar-refractivity contribution in [2.24, 2.45) is 0 Å². The summed E-state index contributed by atoms with van der Waals surface area (Å²) in [7, 11) is 0. The molecule has 23 heavy (non-hydrogen) atoms. The van der Waals surface area contributed by atoms with Crippen molar-refractivity contribution in [3.63, 3.8) is 0 Å². The molecule has 0 bridgehead atoms. The lowest BCUT2D eigenvalue weighted by molar-refractivity contribution is -0.384. The van der Waals surface area contributed by atoms with E-state index in [0.717, 1.165) is 16.8 Å². The molecule has 0 fully saturated rings. The number of benzene rings is 2. The Morgan fingerprint density at radius 3 is 2.61 bits per heavy atom. The normalized spacial score (nSPS) is 10.0. The van der Waals surface area contributed by atoms with Crippen LogP contribution in [0.3, 0.4) is 0 Å². The number of hydrogen-bond donors (Lipinski definition) is 3. The minimum absolute atomic E-state index is 0.0674. The average molecular weight is 351 g/mol. The van der Waals surface area contributed by atoms with Crippen molar-refractivity contribution in [2.45, 2.75) is 13.8 Å². The van der Waals surface area contributed by atoms with E-state index in [1.165, 1.54) is 18.2 Å². The van der Waals surface area contributed by atoms with E-state index in [1.54, 1.807) is 0 Å². The number of nitrogens with zero attached hydrogens (tertiary/aromatic N) is 1. The molecule has 0 aliphatic rings. The second-order valence-electron chi connectivity index (χ2n) is 4.94. The smallest absolute Gasteiger partial charge is 0.271 e. The highest BCUT2D eigenvalue weighted by atomic mass is 35.5. The van der Waals surface area contributed by atoms with Crippen LogP contribution in [-0.2, 0) is 0 Å². The van der Waals surface area contributed by atoms with Crippen LogP contribution in [0, 0.1) is 24.0 Å². The highest BCUT2D eigenvalue weighted by molar-refractivity contribution is 7.80. The van der Waals surface area contributed by atoms with E-state index in [9.17, 15) is 10.1 Å². The molecule has 0 aliphatic carbocycles. The van der Waals surface area contributed by atoms with E-state index in [1.807, 2.05) is 32.0 Å². The van der Waals surface area contributed by atoms with Crippen LogP contribution in [0.5, 0.6) is 0 Å². The summed E-state index contributed by atoms with van der Waals surface area (Å²) in [5, 5.41) is 14.2. The molecular weight excluding hydrogens is 336 g/mol. The Morgan fingerprint density at radius 2 is 1.91 bits per heavy atom. The van der Waals surface area contributed by atoms with E-state index in [2.05, 4.69) is 16.2 Å². The van der Waals surface area contributed by atoms with Crippen LogP contribution in [0.4, 0.5) is 17.1 Å². The zero-order valence-electron chi connectivity index (χ0n) is 12.5. The number of nitro benzene ring substituents is 1. The molecule has 8 heteroatoms. The predicted molar refractivity (Wildman–Crippen MR) is 97.0 cm³/mol. The van der Waals surface area contributed by atoms with Crippen molar-refractivity contribution >= 4 is 46.0 Å². The third-order valence-electron chi connectivity index (χ3n) is 3.11. The standard InChI is InChI=1S/C15H15ClN4O2S/c1-9-3-4-10(2)13(7-9)18-19-15(23)17-14-8-11(20(21)22)5-6-12(14)16/h3-8,18H,1-2H3,(H2,17,19,23). The van der Waals surface area contributed by atoms with Crippen LogP contribution in [0.2, 0.25) is 5.02 Å². The molecule has 3 N–H and O–H groups in total. The molecular formula is C15H15ClN4O2S. The SMILES string of the molecule is Cc1ccc(C)c(NNC(=S)Nc2cc([N+](=O)[O-])ccc2Cl)c1. The third kappa shape index (κ3) is 4.54. The number of thiocarbonyl (C=S) groups is 1. The number of nitro groups is 1. The minimum Gasteiger partial charge on any atom is -0.330 e. The summed E-state index contributed by atoms with van der Waals surface area (Å²) >= 11 is 11.2. The maximum Gasteiger partial charge on any atom is 0.271 e. The van der Waals surface area contributed by atoms with Crippen molar-refractivity contribution in [1.29, 1.82) is 0 Å². The predicted octanol–water partition coefficient (Wildman–Crippen LogP) is 4.18. The Morgan fingerprint density at radius 1 is 1.17 bits per heavy atom. The van der Waals surface area contributed by atoms with E-state index < -0.39 is 4.92 Å². The van der Waals surface area contributed by atoms with Crippen LogP contribution >= 0.6 is 23.8 Å². The van der Waals surface area contributed by atoms with Gasteiger partial charge in [0.2, 0.25) is 0 Å². The number of nitrogens with one attached hydrogen (secondary N) is 3. The first kappa shape index (κ1) is 17.0. The summed E-state index contributed by atoms with van der Waals surface area (Å²) in [5.41, 5.74) is 9.18. The van der Waals surface area contributed by atoms with Gasteiger partial charge in [-0.2, -0.15) is 0 Å². The van der Waals surface area contributed by atoms with Crippen LogP contribution in [0.15, 0.2) is 36.4 Å². The molecule has 0 spiro atoms. The molecule has 0 unspecified atom stereocenters. The Hall–Kier alpha value is -2.38. The van der Waals surface area contributed by atoms with Crippen molar-refractivity contribution in [2.75, 3.05) is 10.7 Å². The Labute approximate surface area is 144 Å². The highest BCUT2D eigenvalue weighted by Crippen LogP contribution is 2.26. The molecule has 2 aromatic carbocycles. The first-order chi connectivity index (χ1) is 10.9. The fourth-order valence-electron chi connectivity index (χ4n) is 1.87. The van der Waals surface area contributed by atoms with Crippen molar-refractivity contribution in [1.82, 2.24) is 5.43 Å². The zero-order valence-corrected chi connectivity index (χ0v) is 14.1. The van der Waals surface area contributed by atoms with Crippen LogP contribution < -0.4 is 16.2 Å². The number of halogens is 1. The topological polar surface area (TPSA) is 79.2 Å². The zero-order chi connectivity index (χ0) is 17.0. The second kappa shape index (κ2) is 7.26. The van der Waals surface area contributed by atoms with Gasteiger partial charge in [-0.1, -0.05) is 23.7 Å². The van der Waals surface area contributed by atoms with Crippen LogP contribution in [0.25, 0.3) is 0 Å². The molecule has 6 nitrogen and oxygen atoms in total. The van der Waals surface area contributed by atoms with Gasteiger partial charge in [0.05, 0.1) is 21.3 Å². The maximum atomic E-state index is 10.8. The molecule has 0 saturated heterocycles. The molecule has 2 aromatic rings. The van der Waals surface area contributed by atoms with Gasteiger partial charge in [0.25, 0.3) is 5.69 Å². The van der Waals surface area contributed by atoms with Crippen LogP contribution in [-0.4, -0.2) is 10.0 Å². The number of aryl methyl sites for hydroxylation is 2. The van der Waals surface area contributed by atoms with Gasteiger partial charge in [-0.15, -0.1) is 0 Å². The number of hydrogen-bond acceptors (Lipinski definition) is 4. The first-order valence-corrected chi connectivity index (χ1v) is 7.49. The first-order valence-electron chi connectivity index (χ1n) is 6.71. The van der Waals surface area contributed by atoms with Gasteiger partial charge in [-0.3, -0.25) is 21.0 Å². The van der Waals surface area contributed by atoms with E-state index in [-0.39, 0.29) is 10.8 Å². The summed E-state index contributed by atoms with van der Waals surface area (Å²) in [5.74, 6) is 0. The highest BCUT2D eigenvalue weighted by Gasteiger charge is 2.10. The van der Waals surface area contributed by atoms with Crippen molar-refractivity contribution < 1.29 is 4.92 Å². The largest absolute Gasteiger partial charge is 0.330 e. The summed E-state index contributed by atoms with van der Waals surface area (Å²) in [4.78, 5) is 10.3. The van der Waals surface area contributed by atoms with Crippen LogP contribution in [0.1, 0.15) is 11.1 Å². The molecule has 0 heterocycles.